The van der Waals surface area contributed by atoms with Crippen LogP contribution in [0.1, 0.15) is 30.1 Å². The molecule has 2 amide bonds. The zero-order chi connectivity index (χ0) is 18.8. The molecule has 1 aliphatic carbocycles. The SMILES string of the molecule is COCCN1C(=O)C[C@H]2[C@H](CNC(=O)c3c(F)cccc3F)[C@@H](C)C[C@H]21. The maximum Gasteiger partial charge on any atom is 0.257 e. The first-order valence-corrected chi connectivity index (χ1v) is 8.94. The number of hydrogen-bond acceptors (Lipinski definition) is 3. The van der Waals surface area contributed by atoms with Crippen LogP contribution in [0.5, 0.6) is 0 Å². The van der Waals surface area contributed by atoms with E-state index < -0.39 is 23.1 Å². The number of fused-ring (bicyclic) bond motifs is 1. The van der Waals surface area contributed by atoms with Gasteiger partial charge < -0.3 is 15.0 Å². The summed E-state index contributed by atoms with van der Waals surface area (Å²) < 4.78 is 32.6. The fraction of sp³-hybridized carbons (Fsp3) is 0.579. The second kappa shape index (κ2) is 7.70. The summed E-state index contributed by atoms with van der Waals surface area (Å²) in [5, 5.41) is 2.66. The normalized spacial score (nSPS) is 27.7. The van der Waals surface area contributed by atoms with Crippen LogP contribution >= 0.6 is 0 Å². The minimum absolute atomic E-state index is 0.107. The number of ether oxygens (including phenoxy) is 1. The van der Waals surface area contributed by atoms with E-state index in [0.717, 1.165) is 18.6 Å². The molecule has 1 saturated heterocycles. The molecule has 5 nitrogen and oxygen atoms in total. The predicted octanol–water partition coefficient (Wildman–Crippen LogP) is 2.21. The summed E-state index contributed by atoms with van der Waals surface area (Å²) in [7, 11) is 1.61. The van der Waals surface area contributed by atoms with Crippen molar-refractivity contribution in [1.29, 1.82) is 0 Å². The standard InChI is InChI=1S/C19H24F2N2O3/c1-11-8-16-12(9-17(24)23(16)6-7-26-2)13(11)10-22-19(25)18-14(20)4-3-5-15(18)21/h3-5,11-13,16H,6-10H2,1-2H3,(H,22,25)/t11-,12-,13+,16+/m0/s1. The van der Waals surface area contributed by atoms with Crippen LogP contribution in [-0.2, 0) is 9.53 Å². The van der Waals surface area contributed by atoms with Crippen LogP contribution in [-0.4, -0.2) is 49.6 Å². The second-order valence-electron chi connectivity index (χ2n) is 7.20. The van der Waals surface area contributed by atoms with Crippen molar-refractivity contribution in [2.45, 2.75) is 25.8 Å². The quantitative estimate of drug-likeness (QED) is 0.840. The number of carbonyl (C=O) groups is 2. The second-order valence-corrected chi connectivity index (χ2v) is 7.20. The lowest BCUT2D eigenvalue weighted by Crippen LogP contribution is -2.37. The van der Waals surface area contributed by atoms with Gasteiger partial charge in [-0.2, -0.15) is 0 Å². The Kier molecular flexibility index (Phi) is 5.55. The Balaban J connectivity index is 1.65. The lowest BCUT2D eigenvalue weighted by molar-refractivity contribution is -0.129. The zero-order valence-electron chi connectivity index (χ0n) is 15.0. The van der Waals surface area contributed by atoms with Gasteiger partial charge in [0.2, 0.25) is 5.91 Å². The van der Waals surface area contributed by atoms with Crippen LogP contribution in [0.2, 0.25) is 0 Å². The van der Waals surface area contributed by atoms with E-state index in [0.29, 0.717) is 32.0 Å². The summed E-state index contributed by atoms with van der Waals surface area (Å²) in [4.78, 5) is 26.4. The minimum Gasteiger partial charge on any atom is -0.383 e. The van der Waals surface area contributed by atoms with Crippen LogP contribution in [0.25, 0.3) is 0 Å². The summed E-state index contributed by atoms with van der Waals surface area (Å²) in [5.41, 5.74) is -0.557. The van der Waals surface area contributed by atoms with Gasteiger partial charge in [-0.05, 0) is 36.3 Å². The molecule has 1 saturated carbocycles. The number of nitrogens with one attached hydrogen (secondary N) is 1. The maximum atomic E-state index is 13.7. The minimum atomic E-state index is -0.873. The summed E-state index contributed by atoms with van der Waals surface area (Å²) in [6.45, 7) is 3.47. The van der Waals surface area contributed by atoms with Crippen LogP contribution in [0, 0.1) is 29.4 Å². The molecule has 1 aromatic carbocycles. The third-order valence-corrected chi connectivity index (χ3v) is 5.74. The molecular weight excluding hydrogens is 342 g/mol. The van der Waals surface area contributed by atoms with Crippen LogP contribution < -0.4 is 5.32 Å². The van der Waals surface area contributed by atoms with Gasteiger partial charge in [0.1, 0.15) is 17.2 Å². The Labute approximate surface area is 151 Å². The van der Waals surface area contributed by atoms with Crippen molar-refractivity contribution < 1.29 is 23.1 Å². The van der Waals surface area contributed by atoms with Gasteiger partial charge in [0, 0.05) is 32.7 Å². The highest BCUT2D eigenvalue weighted by atomic mass is 19.1. The average molecular weight is 366 g/mol. The Morgan fingerprint density at radius 2 is 2.04 bits per heavy atom. The number of benzene rings is 1. The molecule has 2 aliphatic rings. The Morgan fingerprint density at radius 3 is 2.69 bits per heavy atom. The van der Waals surface area contributed by atoms with Gasteiger partial charge in [-0.1, -0.05) is 13.0 Å². The van der Waals surface area contributed by atoms with Crippen LogP contribution in [0.3, 0.4) is 0 Å². The predicted molar refractivity (Wildman–Crippen MR) is 91.4 cm³/mol. The molecule has 1 N–H and O–H groups in total. The van der Waals surface area contributed by atoms with Crippen molar-refractivity contribution >= 4 is 11.8 Å². The largest absolute Gasteiger partial charge is 0.383 e. The number of amides is 2. The summed E-state index contributed by atoms with van der Waals surface area (Å²) in [5.74, 6) is -1.81. The molecule has 1 heterocycles. The fourth-order valence-corrected chi connectivity index (χ4v) is 4.43. The average Bonchev–Trinajstić information content (AvgIpc) is 3.04. The molecule has 142 valence electrons. The van der Waals surface area contributed by atoms with Crippen molar-refractivity contribution in [1.82, 2.24) is 10.2 Å². The molecule has 26 heavy (non-hydrogen) atoms. The van der Waals surface area contributed by atoms with Gasteiger partial charge in [-0.3, -0.25) is 9.59 Å². The molecule has 0 bridgehead atoms. The highest BCUT2D eigenvalue weighted by Gasteiger charge is 2.50. The molecular formula is C19H24F2N2O3. The van der Waals surface area contributed by atoms with Crippen molar-refractivity contribution in [3.05, 3.63) is 35.4 Å². The molecule has 0 unspecified atom stereocenters. The molecule has 0 radical (unpaired) electrons. The first kappa shape index (κ1) is 18.8. The van der Waals surface area contributed by atoms with E-state index in [-0.39, 0.29) is 23.8 Å². The van der Waals surface area contributed by atoms with E-state index in [1.165, 1.54) is 6.07 Å². The van der Waals surface area contributed by atoms with Gasteiger partial charge in [0.05, 0.1) is 6.61 Å². The molecule has 4 atom stereocenters. The first-order valence-electron chi connectivity index (χ1n) is 8.94. The van der Waals surface area contributed by atoms with Gasteiger partial charge in [0.25, 0.3) is 5.91 Å². The van der Waals surface area contributed by atoms with Gasteiger partial charge in [-0.25, -0.2) is 8.78 Å². The molecule has 1 aliphatic heterocycles. The molecule has 3 rings (SSSR count). The molecule has 1 aromatic rings. The highest BCUT2D eigenvalue weighted by Crippen LogP contribution is 2.45. The first-order chi connectivity index (χ1) is 12.4. The van der Waals surface area contributed by atoms with E-state index in [4.69, 9.17) is 4.74 Å². The van der Waals surface area contributed by atoms with Gasteiger partial charge in [0.15, 0.2) is 0 Å². The number of halogens is 2. The molecule has 7 heteroatoms. The highest BCUT2D eigenvalue weighted by molar-refractivity contribution is 5.94. The van der Waals surface area contributed by atoms with E-state index in [2.05, 4.69) is 12.2 Å². The lowest BCUT2D eigenvalue weighted by atomic mass is 9.88. The topological polar surface area (TPSA) is 58.6 Å². The van der Waals surface area contributed by atoms with Crippen molar-refractivity contribution in [3.8, 4) is 0 Å². The lowest BCUT2D eigenvalue weighted by Gasteiger charge is -2.24. The van der Waals surface area contributed by atoms with Gasteiger partial charge >= 0.3 is 0 Å². The van der Waals surface area contributed by atoms with Gasteiger partial charge in [-0.15, -0.1) is 0 Å². The Hall–Kier alpha value is -2.02. The number of rotatable bonds is 6. The third-order valence-electron chi connectivity index (χ3n) is 5.74. The zero-order valence-corrected chi connectivity index (χ0v) is 15.0. The number of hydrogen-bond donors (Lipinski definition) is 1. The van der Waals surface area contributed by atoms with E-state index >= 15 is 0 Å². The summed E-state index contributed by atoms with van der Waals surface area (Å²) >= 11 is 0. The Bertz CT molecular complexity index is 677. The van der Waals surface area contributed by atoms with Crippen molar-refractivity contribution in [2.24, 2.45) is 17.8 Å². The van der Waals surface area contributed by atoms with E-state index in [9.17, 15) is 18.4 Å². The molecule has 2 fully saturated rings. The number of methoxy groups -OCH3 is 1. The van der Waals surface area contributed by atoms with Crippen LogP contribution in [0.15, 0.2) is 18.2 Å². The van der Waals surface area contributed by atoms with Crippen LogP contribution in [0.4, 0.5) is 8.78 Å². The summed E-state index contributed by atoms with van der Waals surface area (Å²) in [6, 6.07) is 3.51. The monoisotopic (exact) mass is 366 g/mol. The van der Waals surface area contributed by atoms with Crippen molar-refractivity contribution in [2.75, 3.05) is 26.8 Å². The summed E-state index contributed by atoms with van der Waals surface area (Å²) in [6.07, 6.45) is 1.32. The third kappa shape index (κ3) is 3.45. The Morgan fingerprint density at radius 1 is 1.35 bits per heavy atom. The smallest absolute Gasteiger partial charge is 0.257 e. The molecule has 0 aromatic heterocycles. The van der Waals surface area contributed by atoms with Crippen molar-refractivity contribution in [3.63, 3.8) is 0 Å². The number of carbonyl (C=O) groups excluding carboxylic acids is 2. The fourth-order valence-electron chi connectivity index (χ4n) is 4.43. The van der Waals surface area contributed by atoms with E-state index in [1.807, 2.05) is 4.90 Å². The number of nitrogens with zero attached hydrogens (tertiary/aromatic N) is 1. The number of likely N-dealkylation sites (tertiary alicyclic amines) is 1. The maximum absolute atomic E-state index is 13.7. The molecule has 0 spiro atoms. The van der Waals surface area contributed by atoms with E-state index in [1.54, 1.807) is 7.11 Å².